The predicted octanol–water partition coefficient (Wildman–Crippen LogP) is 3.06. The Hall–Kier alpha value is -2.66. The zero-order valence-corrected chi connectivity index (χ0v) is 17.4. The van der Waals surface area contributed by atoms with Crippen LogP contribution in [0.25, 0.3) is 0 Å². The highest BCUT2D eigenvalue weighted by Crippen LogP contribution is 2.46. The number of nitrogens with zero attached hydrogens (tertiary/aromatic N) is 1. The van der Waals surface area contributed by atoms with E-state index in [9.17, 15) is 14.7 Å². The van der Waals surface area contributed by atoms with E-state index in [1.54, 1.807) is 11.9 Å². The van der Waals surface area contributed by atoms with Gasteiger partial charge < -0.3 is 15.3 Å². The average molecular weight is 395 g/mol. The van der Waals surface area contributed by atoms with E-state index in [0.717, 1.165) is 16.8 Å². The lowest BCUT2D eigenvalue weighted by atomic mass is 9.73. The number of hydrogen-bond donors (Lipinski definition) is 2. The molecule has 29 heavy (non-hydrogen) atoms. The van der Waals surface area contributed by atoms with Gasteiger partial charge in [0.1, 0.15) is 0 Å². The summed E-state index contributed by atoms with van der Waals surface area (Å²) in [6, 6.07) is 17.8. The molecule has 0 unspecified atom stereocenters. The van der Waals surface area contributed by atoms with Crippen LogP contribution in [0.3, 0.4) is 0 Å². The van der Waals surface area contributed by atoms with Crippen LogP contribution in [0.5, 0.6) is 0 Å². The summed E-state index contributed by atoms with van der Waals surface area (Å²) in [6.45, 7) is 4.20. The van der Waals surface area contributed by atoms with Crippen LogP contribution in [-0.2, 0) is 21.4 Å². The van der Waals surface area contributed by atoms with Crippen LogP contribution in [0, 0.1) is 5.41 Å². The summed E-state index contributed by atoms with van der Waals surface area (Å²) in [5.74, 6) is -0.0650. The van der Waals surface area contributed by atoms with Crippen LogP contribution < -0.4 is 10.2 Å². The zero-order chi connectivity index (χ0) is 21.1. The van der Waals surface area contributed by atoms with Gasteiger partial charge in [-0.15, -0.1) is 0 Å². The number of aliphatic hydroxyl groups is 1. The van der Waals surface area contributed by atoms with Crippen molar-refractivity contribution in [3.8, 4) is 0 Å². The zero-order valence-electron chi connectivity index (χ0n) is 17.4. The third-order valence-corrected chi connectivity index (χ3v) is 5.81. The van der Waals surface area contributed by atoms with Crippen LogP contribution in [-0.4, -0.2) is 37.1 Å². The van der Waals surface area contributed by atoms with Crippen molar-refractivity contribution >= 4 is 17.5 Å². The highest BCUT2D eigenvalue weighted by atomic mass is 16.3. The van der Waals surface area contributed by atoms with Crippen molar-refractivity contribution in [3.63, 3.8) is 0 Å². The number of amides is 2. The van der Waals surface area contributed by atoms with Gasteiger partial charge >= 0.3 is 0 Å². The summed E-state index contributed by atoms with van der Waals surface area (Å²) >= 11 is 0. The van der Waals surface area contributed by atoms with Crippen molar-refractivity contribution in [2.75, 3.05) is 25.1 Å². The van der Waals surface area contributed by atoms with Gasteiger partial charge in [0.15, 0.2) is 0 Å². The molecule has 0 saturated heterocycles. The maximum atomic E-state index is 13.4. The smallest absolute Gasteiger partial charge is 0.237 e. The van der Waals surface area contributed by atoms with E-state index in [1.165, 1.54) is 0 Å². The monoisotopic (exact) mass is 394 g/mol. The van der Waals surface area contributed by atoms with Crippen molar-refractivity contribution in [3.05, 3.63) is 65.7 Å². The molecule has 0 spiro atoms. The van der Waals surface area contributed by atoms with Crippen LogP contribution in [0.2, 0.25) is 0 Å². The molecule has 5 heteroatoms. The molecule has 2 N–H and O–H groups in total. The average Bonchev–Trinajstić information content (AvgIpc) is 2.94. The molecular formula is C24H30N2O3. The number of nitrogens with one attached hydrogen (secondary N) is 1. The number of fused-ring (bicyclic) bond motifs is 1. The molecular weight excluding hydrogens is 364 g/mol. The lowest BCUT2D eigenvalue weighted by Crippen LogP contribution is -2.42. The minimum Gasteiger partial charge on any atom is -0.396 e. The molecule has 0 bridgehead atoms. The fourth-order valence-corrected chi connectivity index (χ4v) is 3.97. The lowest BCUT2D eigenvalue weighted by Gasteiger charge is -2.29. The van der Waals surface area contributed by atoms with Crippen molar-refractivity contribution in [2.24, 2.45) is 5.41 Å². The minimum absolute atomic E-state index is 0.00187. The highest BCUT2D eigenvalue weighted by molar-refractivity contribution is 6.08. The second-order valence-corrected chi connectivity index (χ2v) is 8.72. The summed E-state index contributed by atoms with van der Waals surface area (Å²) in [5, 5.41) is 12.3. The molecule has 0 saturated carbocycles. The van der Waals surface area contributed by atoms with E-state index in [4.69, 9.17) is 0 Å². The van der Waals surface area contributed by atoms with Crippen molar-refractivity contribution in [2.45, 2.75) is 38.5 Å². The van der Waals surface area contributed by atoms with Gasteiger partial charge in [-0.3, -0.25) is 9.59 Å². The van der Waals surface area contributed by atoms with Crippen molar-refractivity contribution in [1.82, 2.24) is 5.32 Å². The highest BCUT2D eigenvalue weighted by Gasteiger charge is 2.49. The number of hydrogen-bond acceptors (Lipinski definition) is 3. The van der Waals surface area contributed by atoms with Gasteiger partial charge in [-0.2, -0.15) is 0 Å². The van der Waals surface area contributed by atoms with E-state index >= 15 is 0 Å². The Balaban J connectivity index is 1.85. The van der Waals surface area contributed by atoms with Crippen LogP contribution in [0.4, 0.5) is 5.69 Å². The van der Waals surface area contributed by atoms with Gasteiger partial charge in [0.25, 0.3) is 0 Å². The summed E-state index contributed by atoms with van der Waals surface area (Å²) in [4.78, 5) is 27.7. The molecule has 1 atom stereocenters. The van der Waals surface area contributed by atoms with E-state index in [0.29, 0.717) is 19.4 Å². The second-order valence-electron chi connectivity index (χ2n) is 8.72. The fraction of sp³-hybridized carbons (Fsp3) is 0.417. The number of carbonyl (C=O) groups excluding carboxylic acids is 2. The Bertz CT molecular complexity index is 879. The Morgan fingerprint density at radius 2 is 1.76 bits per heavy atom. The Morgan fingerprint density at radius 3 is 2.45 bits per heavy atom. The van der Waals surface area contributed by atoms with Gasteiger partial charge in [-0.25, -0.2) is 0 Å². The molecule has 154 valence electrons. The quantitative estimate of drug-likeness (QED) is 0.723. The third kappa shape index (κ3) is 4.35. The molecule has 0 aromatic heterocycles. The summed E-state index contributed by atoms with van der Waals surface area (Å²) in [5.41, 5.74) is 1.85. The van der Waals surface area contributed by atoms with Gasteiger partial charge in [0.05, 0.1) is 5.41 Å². The standard InChI is InChI=1S/C24H30N2O3/c1-23(2,17-27)16-25-21(28)13-14-24(15-18-9-5-4-6-10-18)19-11-7-8-12-20(19)26(3)22(24)29/h4-12,27H,13-17H2,1-3H3,(H,25,28)/t24-/m1/s1. The largest absolute Gasteiger partial charge is 0.396 e. The molecule has 2 aromatic carbocycles. The van der Waals surface area contributed by atoms with Crippen molar-refractivity contribution in [1.29, 1.82) is 0 Å². The van der Waals surface area contributed by atoms with E-state index < -0.39 is 5.41 Å². The summed E-state index contributed by atoms with van der Waals surface area (Å²) in [7, 11) is 1.80. The van der Waals surface area contributed by atoms with Gasteiger partial charge in [0, 0.05) is 37.7 Å². The van der Waals surface area contributed by atoms with Crippen LogP contribution in [0.1, 0.15) is 37.8 Å². The number of rotatable bonds is 8. The number of anilines is 1. The normalized spacial score (nSPS) is 18.6. The van der Waals surface area contributed by atoms with Gasteiger partial charge in [-0.1, -0.05) is 62.4 Å². The minimum atomic E-state index is -0.753. The number of carbonyl (C=O) groups is 2. The molecule has 0 fully saturated rings. The molecule has 1 aliphatic heterocycles. The summed E-state index contributed by atoms with van der Waals surface area (Å²) in [6.07, 6.45) is 1.25. The molecule has 2 aromatic rings. The Morgan fingerprint density at radius 1 is 1.10 bits per heavy atom. The second kappa shape index (κ2) is 8.37. The molecule has 3 rings (SSSR count). The maximum absolute atomic E-state index is 13.4. The van der Waals surface area contributed by atoms with Crippen LogP contribution in [0.15, 0.2) is 54.6 Å². The van der Waals surface area contributed by atoms with Gasteiger partial charge in [0.2, 0.25) is 11.8 Å². The number of para-hydroxylation sites is 1. The molecule has 0 radical (unpaired) electrons. The van der Waals surface area contributed by atoms with Crippen molar-refractivity contribution < 1.29 is 14.7 Å². The predicted molar refractivity (Wildman–Crippen MR) is 115 cm³/mol. The van der Waals surface area contributed by atoms with E-state index in [-0.39, 0.29) is 30.3 Å². The first-order valence-electron chi connectivity index (χ1n) is 10.1. The first-order chi connectivity index (χ1) is 13.8. The fourth-order valence-electron chi connectivity index (χ4n) is 3.97. The first kappa shape index (κ1) is 21.1. The van der Waals surface area contributed by atoms with E-state index in [2.05, 4.69) is 5.32 Å². The van der Waals surface area contributed by atoms with Gasteiger partial charge in [-0.05, 0) is 30.0 Å². The molecule has 2 amide bonds. The SMILES string of the molecule is CN1C(=O)[C@](CCC(=O)NCC(C)(C)CO)(Cc2ccccc2)c2ccccc21. The Kier molecular flexibility index (Phi) is 6.08. The van der Waals surface area contributed by atoms with E-state index in [1.807, 2.05) is 68.4 Å². The summed E-state index contributed by atoms with van der Waals surface area (Å²) < 4.78 is 0. The topological polar surface area (TPSA) is 69.6 Å². The number of aliphatic hydroxyl groups excluding tert-OH is 1. The third-order valence-electron chi connectivity index (χ3n) is 5.81. The first-order valence-corrected chi connectivity index (χ1v) is 10.1. The number of benzene rings is 2. The maximum Gasteiger partial charge on any atom is 0.237 e. The molecule has 5 nitrogen and oxygen atoms in total. The van der Waals surface area contributed by atoms with Crippen LogP contribution >= 0.6 is 0 Å². The molecule has 1 aliphatic rings. The molecule has 0 aliphatic carbocycles. The number of likely N-dealkylation sites (N-methyl/N-ethyl adjacent to an activating group) is 1. The lowest BCUT2D eigenvalue weighted by molar-refractivity contribution is -0.124. The Labute approximate surface area is 172 Å². The molecule has 1 heterocycles.